The molecule has 0 aliphatic rings. The summed E-state index contributed by atoms with van der Waals surface area (Å²) in [6.07, 6.45) is 0. The van der Waals surface area contributed by atoms with E-state index in [4.69, 9.17) is 5.11 Å². The monoisotopic (exact) mass is 158 g/mol. The van der Waals surface area contributed by atoms with Gasteiger partial charge in [-0.3, -0.25) is 0 Å². The van der Waals surface area contributed by atoms with E-state index in [1.165, 1.54) is 0 Å². The Morgan fingerprint density at radius 3 is 1.78 bits per heavy atom. The molecule has 0 aliphatic carbocycles. The molecular weight excluding hydrogens is 147 g/mol. The average molecular weight is 158 g/mol. The van der Waals surface area contributed by atoms with E-state index in [-0.39, 0.29) is 34.3 Å². The maximum absolute atomic E-state index is 9.98. The molecule has 4 heteroatoms. The fourth-order valence-corrected chi connectivity index (χ4v) is 0.786. The van der Waals surface area contributed by atoms with Gasteiger partial charge >= 0.3 is 34.9 Å². The van der Waals surface area contributed by atoms with Crippen LogP contribution in [0.15, 0.2) is 0 Å². The normalized spacial score (nSPS) is 10.1. The molecule has 0 aromatic rings. The molecule has 0 radical (unpaired) electrons. The molecule has 0 heterocycles. The van der Waals surface area contributed by atoms with Gasteiger partial charge in [0.05, 0.1) is 0 Å². The van der Waals surface area contributed by atoms with E-state index in [1.54, 1.807) is 0 Å². The quantitative estimate of drug-likeness (QED) is 0.543. The van der Waals surface area contributed by atoms with Crippen LogP contribution in [0.25, 0.3) is 0 Å². The molecule has 0 aliphatic heterocycles. The topological polar surface area (TPSA) is 37.3 Å². The number of carboxylic acid groups (broad SMARTS) is 1. The van der Waals surface area contributed by atoms with Crippen LogP contribution in [0.1, 0.15) is 20.8 Å². The summed E-state index contributed by atoms with van der Waals surface area (Å²) >= 11 is 0.928. The number of thioether (sulfide) groups is 1. The Morgan fingerprint density at radius 2 is 1.78 bits per heavy atom. The fourth-order valence-electron chi connectivity index (χ4n) is 0.262. The number of rotatable bonds is 0. The summed E-state index contributed by atoms with van der Waals surface area (Å²) < 4.78 is -0.161. The summed E-state index contributed by atoms with van der Waals surface area (Å²) in [4.78, 5) is 9.98. The molecule has 0 unspecified atom stereocenters. The third kappa shape index (κ3) is 12.1. The molecule has 2 nitrogen and oxygen atoms in total. The van der Waals surface area contributed by atoms with E-state index in [0.717, 1.165) is 11.8 Å². The van der Waals surface area contributed by atoms with Gasteiger partial charge < -0.3 is 5.11 Å². The zero-order chi connectivity index (χ0) is 6.78. The van der Waals surface area contributed by atoms with Gasteiger partial charge in [-0.1, -0.05) is 20.8 Å². The van der Waals surface area contributed by atoms with Crippen LogP contribution in [0.4, 0.5) is 4.79 Å². The summed E-state index contributed by atoms with van der Waals surface area (Å²) in [7, 11) is 0. The minimum atomic E-state index is -0.808. The second kappa shape index (κ2) is 4.61. The molecule has 50 valence electrons. The summed E-state index contributed by atoms with van der Waals surface area (Å²) in [5.74, 6) is 0. The first kappa shape index (κ1) is 12.5. The molecule has 0 saturated heterocycles. The van der Waals surface area contributed by atoms with Crippen molar-refractivity contribution in [2.45, 2.75) is 25.5 Å². The first-order valence-corrected chi connectivity index (χ1v) is 3.15. The summed E-state index contributed by atoms with van der Waals surface area (Å²) in [6.45, 7) is 5.60. The second-order valence-electron chi connectivity index (χ2n) is 2.48. The zero-order valence-corrected chi connectivity index (χ0v) is 6.08. The van der Waals surface area contributed by atoms with Crippen LogP contribution >= 0.6 is 11.8 Å². The van der Waals surface area contributed by atoms with Crippen molar-refractivity contribution in [1.82, 2.24) is 0 Å². The molecule has 0 aromatic carbocycles. The van der Waals surface area contributed by atoms with Crippen molar-refractivity contribution < 1.29 is 9.90 Å². The second-order valence-corrected chi connectivity index (χ2v) is 4.26. The number of hydrogen-bond acceptors (Lipinski definition) is 2. The Bertz CT molecular complexity index is 97.6. The number of hydrogen-bond donors (Lipinski definition) is 1. The molecule has 0 saturated carbocycles. The van der Waals surface area contributed by atoms with Crippen LogP contribution in [0.5, 0.6) is 0 Å². The first-order chi connectivity index (χ1) is 3.42. The Morgan fingerprint density at radius 1 is 1.44 bits per heavy atom. The molecule has 0 rings (SSSR count). The molecule has 9 heavy (non-hydrogen) atoms. The summed E-state index contributed by atoms with van der Waals surface area (Å²) in [5, 5.41) is 7.40. The van der Waals surface area contributed by atoms with Gasteiger partial charge in [0, 0.05) is 4.75 Å². The van der Waals surface area contributed by atoms with Crippen LogP contribution in [0.2, 0.25) is 0 Å². The van der Waals surface area contributed by atoms with Crippen LogP contribution in [-0.4, -0.2) is 44.7 Å². The van der Waals surface area contributed by atoms with Crippen molar-refractivity contribution in [3.05, 3.63) is 0 Å². The first-order valence-electron chi connectivity index (χ1n) is 2.34. The van der Waals surface area contributed by atoms with Gasteiger partial charge in [-0.15, -0.1) is 0 Å². The molecule has 1 N–H and O–H groups in total. The van der Waals surface area contributed by atoms with Crippen molar-refractivity contribution >= 4 is 46.6 Å². The standard InChI is InChI=1S/C5H10O2S.Na.H/c1-5(2,3)8-4(6)7;;/h1-3H3,(H,6,7);;. The van der Waals surface area contributed by atoms with Crippen molar-refractivity contribution in [2.24, 2.45) is 0 Å². The van der Waals surface area contributed by atoms with E-state index >= 15 is 0 Å². The molecule has 0 spiro atoms. The van der Waals surface area contributed by atoms with Crippen molar-refractivity contribution in [3.63, 3.8) is 0 Å². The maximum atomic E-state index is 9.98. The van der Waals surface area contributed by atoms with Crippen molar-refractivity contribution in [3.8, 4) is 0 Å². The molecule has 0 bridgehead atoms. The third-order valence-corrected chi connectivity index (χ3v) is 1.18. The van der Waals surface area contributed by atoms with Gasteiger partial charge in [0.15, 0.2) is 0 Å². The van der Waals surface area contributed by atoms with Crippen molar-refractivity contribution in [1.29, 1.82) is 0 Å². The van der Waals surface area contributed by atoms with Gasteiger partial charge in [0.25, 0.3) is 0 Å². The number of carbonyl (C=O) groups is 1. The van der Waals surface area contributed by atoms with E-state index in [2.05, 4.69) is 0 Å². The van der Waals surface area contributed by atoms with Crippen molar-refractivity contribution in [2.75, 3.05) is 0 Å². The molecule has 0 atom stereocenters. The molecular formula is C5H11NaO2S. The third-order valence-electron chi connectivity index (χ3n) is 0.393. The Kier molecular flexibility index (Phi) is 6.39. The van der Waals surface area contributed by atoms with Crippen LogP contribution in [0, 0.1) is 0 Å². The zero-order valence-electron chi connectivity index (χ0n) is 5.26. The van der Waals surface area contributed by atoms with E-state index in [9.17, 15) is 4.79 Å². The minimum absolute atomic E-state index is 0. The van der Waals surface area contributed by atoms with Gasteiger partial charge in [0.2, 0.25) is 0 Å². The summed E-state index contributed by atoms with van der Waals surface area (Å²) in [5.41, 5.74) is 0. The fraction of sp³-hybridized carbons (Fsp3) is 0.800. The van der Waals surface area contributed by atoms with E-state index in [0.29, 0.717) is 0 Å². The van der Waals surface area contributed by atoms with Crippen LogP contribution in [-0.2, 0) is 0 Å². The van der Waals surface area contributed by atoms with E-state index < -0.39 is 5.30 Å². The average Bonchev–Trinajstić information content (AvgIpc) is 1.21. The van der Waals surface area contributed by atoms with Gasteiger partial charge in [-0.05, 0) is 11.8 Å². The SMILES string of the molecule is CC(C)(C)SC(=O)O.[NaH]. The predicted molar refractivity (Wildman–Crippen MR) is 42.5 cm³/mol. The van der Waals surface area contributed by atoms with Crippen LogP contribution in [0.3, 0.4) is 0 Å². The van der Waals surface area contributed by atoms with Gasteiger partial charge in [-0.2, -0.15) is 0 Å². The Balaban J connectivity index is 0. The predicted octanol–water partition coefficient (Wildman–Crippen LogP) is 1.55. The summed E-state index contributed by atoms with van der Waals surface area (Å²) in [6, 6.07) is 0. The molecule has 0 fully saturated rings. The van der Waals surface area contributed by atoms with Gasteiger partial charge in [-0.25, -0.2) is 4.79 Å². The van der Waals surface area contributed by atoms with Crippen LogP contribution < -0.4 is 0 Å². The molecule has 0 aromatic heterocycles. The Labute approximate surface area is 81.7 Å². The molecule has 0 amide bonds. The van der Waals surface area contributed by atoms with E-state index in [1.807, 2.05) is 20.8 Å². The Hall–Kier alpha value is 0.820. The van der Waals surface area contributed by atoms with Gasteiger partial charge in [0.1, 0.15) is 0 Å².